The summed E-state index contributed by atoms with van der Waals surface area (Å²) in [6.07, 6.45) is 8.44. The summed E-state index contributed by atoms with van der Waals surface area (Å²) in [6.45, 7) is 2.09. The zero-order chi connectivity index (χ0) is 19.3. The molecule has 7 heteroatoms. The van der Waals surface area contributed by atoms with Gasteiger partial charge in [0.1, 0.15) is 11.8 Å². The number of imidazole rings is 1. The van der Waals surface area contributed by atoms with Crippen LogP contribution in [0.4, 0.5) is 10.5 Å². The molecular weight excluding hydrogens is 354 g/mol. The Morgan fingerprint density at radius 2 is 2.18 bits per heavy atom. The number of allylic oxidation sites excluding steroid dienone is 2. The zero-order valence-electron chi connectivity index (χ0n) is 15.6. The minimum atomic E-state index is -0.631. The van der Waals surface area contributed by atoms with E-state index in [2.05, 4.69) is 38.8 Å². The van der Waals surface area contributed by atoms with Crippen LogP contribution in [0.25, 0.3) is 5.57 Å². The van der Waals surface area contributed by atoms with Crippen LogP contribution in [0, 0.1) is 11.3 Å². The summed E-state index contributed by atoms with van der Waals surface area (Å²) in [5.74, 6) is 0.551. The number of piperidine rings is 1. The van der Waals surface area contributed by atoms with E-state index in [0.29, 0.717) is 5.92 Å². The van der Waals surface area contributed by atoms with Crippen LogP contribution in [0.3, 0.4) is 0 Å². The number of hydrogen-bond acceptors (Lipinski definition) is 5. The Morgan fingerprint density at radius 1 is 1.32 bits per heavy atom. The van der Waals surface area contributed by atoms with Gasteiger partial charge < -0.3 is 10.1 Å². The second-order valence-electron chi connectivity index (χ2n) is 7.18. The van der Waals surface area contributed by atoms with Gasteiger partial charge in [-0.2, -0.15) is 5.26 Å². The predicted octanol–water partition coefficient (Wildman–Crippen LogP) is 3.93. The lowest BCUT2D eigenvalue weighted by Gasteiger charge is -2.24. The summed E-state index contributed by atoms with van der Waals surface area (Å²) in [7, 11) is 0. The predicted molar refractivity (Wildman–Crippen MR) is 106 cm³/mol. The van der Waals surface area contributed by atoms with Crippen molar-refractivity contribution in [2.45, 2.75) is 38.0 Å². The SMILES string of the molecule is N#Cc1cnc(OC(=O)Nc2ccc(C3CCNCC3)cc2C2=CCCC2)[nH]1. The molecule has 2 aliphatic rings. The minimum Gasteiger partial charge on any atom is -0.375 e. The molecule has 0 unspecified atom stereocenters. The lowest BCUT2D eigenvalue weighted by Crippen LogP contribution is -2.26. The van der Waals surface area contributed by atoms with Crippen molar-refractivity contribution in [2.75, 3.05) is 18.4 Å². The van der Waals surface area contributed by atoms with Gasteiger partial charge >= 0.3 is 12.1 Å². The summed E-state index contributed by atoms with van der Waals surface area (Å²) >= 11 is 0. The van der Waals surface area contributed by atoms with Gasteiger partial charge in [0.05, 0.1) is 11.9 Å². The van der Waals surface area contributed by atoms with E-state index in [-0.39, 0.29) is 11.7 Å². The Hall–Kier alpha value is -3.11. The Kier molecular flexibility index (Phi) is 5.40. The van der Waals surface area contributed by atoms with Crippen molar-refractivity contribution in [2.24, 2.45) is 0 Å². The van der Waals surface area contributed by atoms with Crippen molar-refractivity contribution in [3.05, 3.63) is 47.3 Å². The number of aromatic amines is 1. The third kappa shape index (κ3) is 4.07. The highest BCUT2D eigenvalue weighted by Crippen LogP contribution is 2.36. The van der Waals surface area contributed by atoms with Crippen molar-refractivity contribution < 1.29 is 9.53 Å². The number of aromatic nitrogens is 2. The molecule has 2 heterocycles. The number of rotatable bonds is 4. The van der Waals surface area contributed by atoms with E-state index in [9.17, 15) is 4.79 Å². The van der Waals surface area contributed by atoms with Gasteiger partial charge in [0, 0.05) is 5.56 Å². The molecular formula is C21H23N5O2. The molecule has 1 aliphatic heterocycles. The van der Waals surface area contributed by atoms with E-state index in [1.165, 1.54) is 17.3 Å². The number of nitrogens with zero attached hydrogens (tertiary/aromatic N) is 2. The van der Waals surface area contributed by atoms with Crippen molar-refractivity contribution in [3.63, 3.8) is 0 Å². The van der Waals surface area contributed by atoms with Crippen molar-refractivity contribution in [1.29, 1.82) is 5.26 Å². The van der Waals surface area contributed by atoms with Crippen LogP contribution in [0.15, 0.2) is 30.5 Å². The Labute approximate surface area is 163 Å². The Balaban J connectivity index is 1.54. The number of hydrogen-bond donors (Lipinski definition) is 3. The van der Waals surface area contributed by atoms with Crippen LogP contribution in [0.2, 0.25) is 0 Å². The second-order valence-corrected chi connectivity index (χ2v) is 7.18. The normalized spacial score (nSPS) is 17.0. The molecule has 1 aromatic carbocycles. The van der Waals surface area contributed by atoms with E-state index in [4.69, 9.17) is 10.00 Å². The summed E-state index contributed by atoms with van der Waals surface area (Å²) < 4.78 is 5.17. The van der Waals surface area contributed by atoms with E-state index in [0.717, 1.165) is 56.4 Å². The third-order valence-electron chi connectivity index (χ3n) is 5.34. The summed E-state index contributed by atoms with van der Waals surface area (Å²) in [4.78, 5) is 18.8. The standard InChI is InChI=1S/C21H23N5O2/c22-12-17-13-24-20(25-17)28-21(27)26-19-6-5-16(14-7-9-23-10-8-14)11-18(19)15-3-1-2-4-15/h3,5-6,11,13-14,23H,1-2,4,7-10H2,(H,24,25)(H,26,27). The van der Waals surface area contributed by atoms with E-state index >= 15 is 0 Å². The van der Waals surface area contributed by atoms with Gasteiger partial charge in [-0.05, 0) is 74.4 Å². The minimum absolute atomic E-state index is 0.00186. The highest BCUT2D eigenvalue weighted by Gasteiger charge is 2.20. The highest BCUT2D eigenvalue weighted by molar-refractivity contribution is 5.91. The van der Waals surface area contributed by atoms with Crippen LogP contribution in [-0.4, -0.2) is 29.2 Å². The molecule has 7 nitrogen and oxygen atoms in total. The molecule has 144 valence electrons. The molecule has 0 radical (unpaired) electrons. The zero-order valence-corrected chi connectivity index (χ0v) is 15.6. The first kappa shape index (κ1) is 18.3. The molecule has 0 saturated carbocycles. The number of carbonyl (C=O) groups is 1. The first-order valence-corrected chi connectivity index (χ1v) is 9.71. The highest BCUT2D eigenvalue weighted by atomic mass is 16.6. The summed E-state index contributed by atoms with van der Waals surface area (Å²) in [5, 5.41) is 15.1. The largest absolute Gasteiger partial charge is 0.419 e. The maximum absolute atomic E-state index is 12.3. The number of nitrogens with one attached hydrogen (secondary N) is 3. The number of benzene rings is 1. The van der Waals surface area contributed by atoms with Gasteiger partial charge in [-0.25, -0.2) is 9.78 Å². The number of H-pyrrole nitrogens is 1. The maximum Gasteiger partial charge on any atom is 0.419 e. The maximum atomic E-state index is 12.3. The van der Waals surface area contributed by atoms with Crippen molar-refractivity contribution >= 4 is 17.4 Å². The molecule has 3 N–H and O–H groups in total. The molecule has 1 aliphatic carbocycles. The van der Waals surface area contributed by atoms with Crippen molar-refractivity contribution in [1.82, 2.24) is 15.3 Å². The number of amides is 1. The Bertz CT molecular complexity index is 935. The van der Waals surface area contributed by atoms with Crippen LogP contribution in [0.1, 0.15) is 54.8 Å². The molecule has 1 saturated heterocycles. The quantitative estimate of drug-likeness (QED) is 0.749. The number of nitriles is 1. The van der Waals surface area contributed by atoms with Crippen LogP contribution in [0.5, 0.6) is 6.01 Å². The molecule has 2 aromatic rings. The van der Waals surface area contributed by atoms with E-state index in [1.807, 2.05) is 12.1 Å². The molecule has 4 rings (SSSR count). The lowest BCUT2D eigenvalue weighted by molar-refractivity contribution is 0.211. The van der Waals surface area contributed by atoms with Gasteiger partial charge in [-0.15, -0.1) is 0 Å². The average molecular weight is 377 g/mol. The van der Waals surface area contributed by atoms with Gasteiger partial charge in [0.15, 0.2) is 0 Å². The fourth-order valence-electron chi connectivity index (χ4n) is 3.90. The first-order valence-electron chi connectivity index (χ1n) is 9.71. The number of ether oxygens (including phenoxy) is 1. The fourth-order valence-corrected chi connectivity index (χ4v) is 3.90. The molecule has 1 fully saturated rings. The topological polar surface area (TPSA) is 103 Å². The van der Waals surface area contributed by atoms with Gasteiger partial charge in [0.2, 0.25) is 0 Å². The Morgan fingerprint density at radius 3 is 2.89 bits per heavy atom. The third-order valence-corrected chi connectivity index (χ3v) is 5.34. The van der Waals surface area contributed by atoms with Crippen LogP contribution in [-0.2, 0) is 0 Å². The molecule has 1 aromatic heterocycles. The molecule has 0 bridgehead atoms. The average Bonchev–Trinajstić information content (AvgIpc) is 3.41. The number of carbonyl (C=O) groups excluding carboxylic acids is 1. The lowest BCUT2D eigenvalue weighted by atomic mass is 9.87. The number of anilines is 1. The van der Waals surface area contributed by atoms with Gasteiger partial charge in [0.25, 0.3) is 0 Å². The van der Waals surface area contributed by atoms with Crippen LogP contribution >= 0.6 is 0 Å². The van der Waals surface area contributed by atoms with Gasteiger partial charge in [-0.3, -0.25) is 10.3 Å². The smallest absolute Gasteiger partial charge is 0.375 e. The summed E-state index contributed by atoms with van der Waals surface area (Å²) in [5.41, 5.74) is 4.65. The summed E-state index contributed by atoms with van der Waals surface area (Å²) in [6, 6.07) is 8.21. The van der Waals surface area contributed by atoms with Crippen LogP contribution < -0.4 is 15.4 Å². The molecule has 0 atom stereocenters. The monoisotopic (exact) mass is 377 g/mol. The van der Waals surface area contributed by atoms with Crippen molar-refractivity contribution in [3.8, 4) is 12.1 Å². The van der Waals surface area contributed by atoms with E-state index < -0.39 is 6.09 Å². The molecule has 0 spiro atoms. The fraction of sp³-hybridized carbons (Fsp3) is 0.381. The first-order chi connectivity index (χ1) is 13.7. The van der Waals surface area contributed by atoms with Gasteiger partial charge in [-0.1, -0.05) is 12.1 Å². The molecule has 1 amide bonds. The van der Waals surface area contributed by atoms with E-state index in [1.54, 1.807) is 0 Å². The molecule has 28 heavy (non-hydrogen) atoms. The second kappa shape index (κ2) is 8.28.